The Kier molecular flexibility index (Phi) is 20.0. The van der Waals surface area contributed by atoms with E-state index in [9.17, 15) is 4.79 Å². The van der Waals surface area contributed by atoms with E-state index in [4.69, 9.17) is 10.8 Å². The molecular weight excluding hydrogens is 334 g/mol. The van der Waals surface area contributed by atoms with E-state index in [0.29, 0.717) is 0 Å². The van der Waals surface area contributed by atoms with Crippen LogP contribution in [0.15, 0.2) is 60.7 Å². The zero-order valence-electron chi connectivity index (χ0n) is 17.8. The molecule has 0 aliphatic heterocycles. The molecule has 2 rings (SSSR count). The van der Waals surface area contributed by atoms with Crippen LogP contribution in [0.2, 0.25) is 0 Å². The molecule has 0 amide bonds. The van der Waals surface area contributed by atoms with Crippen LogP contribution in [-0.4, -0.2) is 11.1 Å². The van der Waals surface area contributed by atoms with Gasteiger partial charge in [-0.3, -0.25) is 4.79 Å². The van der Waals surface area contributed by atoms with E-state index in [-0.39, 0.29) is 6.42 Å². The summed E-state index contributed by atoms with van der Waals surface area (Å²) in [6.45, 7) is 10.9. The average Bonchev–Trinajstić information content (AvgIpc) is 2.66. The van der Waals surface area contributed by atoms with Crippen LogP contribution in [0.1, 0.15) is 65.9 Å². The van der Waals surface area contributed by atoms with Crippen LogP contribution < -0.4 is 5.73 Å². The molecule has 0 bridgehead atoms. The third-order valence-electron chi connectivity index (χ3n) is 3.56. The van der Waals surface area contributed by atoms with Crippen molar-refractivity contribution in [2.75, 3.05) is 5.73 Å². The average molecular weight is 374 g/mol. The van der Waals surface area contributed by atoms with Crippen molar-refractivity contribution in [1.29, 1.82) is 0 Å². The van der Waals surface area contributed by atoms with Crippen molar-refractivity contribution in [3.05, 3.63) is 66.2 Å². The van der Waals surface area contributed by atoms with Gasteiger partial charge in [-0.2, -0.15) is 0 Å². The predicted octanol–water partition coefficient (Wildman–Crippen LogP) is 6.83. The Labute approximate surface area is 166 Å². The summed E-state index contributed by atoms with van der Waals surface area (Å²) < 4.78 is 0. The molecule has 0 fully saturated rings. The summed E-state index contributed by atoms with van der Waals surface area (Å²) in [6.07, 6.45) is 5.63. The number of hydrogen-bond acceptors (Lipinski definition) is 2. The van der Waals surface area contributed by atoms with Crippen molar-refractivity contribution in [2.24, 2.45) is 5.92 Å². The summed E-state index contributed by atoms with van der Waals surface area (Å²) in [5.74, 6) is 0.177. The third-order valence-corrected chi connectivity index (χ3v) is 3.56. The molecule has 2 aromatic rings. The third kappa shape index (κ3) is 19.9. The van der Waals surface area contributed by atoms with E-state index in [1.165, 1.54) is 25.7 Å². The van der Waals surface area contributed by atoms with Crippen molar-refractivity contribution < 1.29 is 9.90 Å². The fourth-order valence-corrected chi connectivity index (χ4v) is 2.35. The highest BCUT2D eigenvalue weighted by atomic mass is 16.4. The fraction of sp³-hybridized carbons (Fsp3) is 0.458. The summed E-state index contributed by atoms with van der Waals surface area (Å²) >= 11 is 0. The van der Waals surface area contributed by atoms with E-state index in [1.807, 2.05) is 62.4 Å². The van der Waals surface area contributed by atoms with Gasteiger partial charge in [-0.1, -0.05) is 109 Å². The Morgan fingerprint density at radius 3 is 1.59 bits per heavy atom. The number of aliphatic carboxylic acids is 1. The minimum absolute atomic E-state index is 0.112. The number of carbonyl (C=O) groups is 1. The van der Waals surface area contributed by atoms with Crippen LogP contribution in [0, 0.1) is 5.92 Å². The van der Waals surface area contributed by atoms with Crippen molar-refractivity contribution in [1.82, 2.24) is 0 Å². The van der Waals surface area contributed by atoms with Gasteiger partial charge in [-0.05, 0) is 23.6 Å². The van der Waals surface area contributed by atoms with E-state index < -0.39 is 5.97 Å². The summed E-state index contributed by atoms with van der Waals surface area (Å²) in [5.41, 5.74) is 7.02. The molecule has 0 aliphatic carbocycles. The molecule has 3 heteroatoms. The van der Waals surface area contributed by atoms with Crippen molar-refractivity contribution in [3.8, 4) is 0 Å². The Bertz CT molecular complexity index is 535. The molecule has 27 heavy (non-hydrogen) atoms. The van der Waals surface area contributed by atoms with Gasteiger partial charge in [0.2, 0.25) is 0 Å². The van der Waals surface area contributed by atoms with Gasteiger partial charge in [0.1, 0.15) is 0 Å². The van der Waals surface area contributed by atoms with E-state index in [0.717, 1.165) is 17.2 Å². The lowest BCUT2D eigenvalue weighted by Crippen LogP contribution is -1.98. The SMILES string of the molecule is CC.CCCC(C)CCC.Nc1ccccc1.O=C(O)Cc1ccccc1. The Hall–Kier alpha value is -2.29. The molecule has 0 saturated carbocycles. The maximum Gasteiger partial charge on any atom is 0.307 e. The van der Waals surface area contributed by atoms with E-state index in [2.05, 4.69) is 20.8 Å². The molecule has 0 heterocycles. The highest BCUT2D eigenvalue weighted by Crippen LogP contribution is 2.10. The first kappa shape index (κ1) is 26.9. The topological polar surface area (TPSA) is 63.3 Å². The number of para-hydroxylation sites is 1. The highest BCUT2D eigenvalue weighted by Gasteiger charge is 1.96. The van der Waals surface area contributed by atoms with Gasteiger partial charge in [0.05, 0.1) is 6.42 Å². The lowest BCUT2D eigenvalue weighted by atomic mass is 10.0. The van der Waals surface area contributed by atoms with Crippen LogP contribution in [-0.2, 0) is 11.2 Å². The second-order valence-corrected chi connectivity index (χ2v) is 6.15. The summed E-state index contributed by atoms with van der Waals surface area (Å²) in [7, 11) is 0. The maximum absolute atomic E-state index is 10.2. The first-order valence-corrected chi connectivity index (χ1v) is 10.1. The number of carboxylic acid groups (broad SMARTS) is 1. The molecule has 3 N–H and O–H groups in total. The molecule has 0 radical (unpaired) electrons. The number of anilines is 1. The second kappa shape index (κ2) is 20.0. The summed E-state index contributed by atoms with van der Waals surface area (Å²) in [4.78, 5) is 10.2. The molecule has 3 nitrogen and oxygen atoms in total. The van der Waals surface area contributed by atoms with Crippen molar-refractivity contribution >= 4 is 11.7 Å². The Morgan fingerprint density at radius 1 is 0.889 bits per heavy atom. The van der Waals surface area contributed by atoms with Crippen molar-refractivity contribution in [3.63, 3.8) is 0 Å². The van der Waals surface area contributed by atoms with Gasteiger partial charge in [-0.15, -0.1) is 0 Å². The van der Waals surface area contributed by atoms with Crippen molar-refractivity contribution in [2.45, 2.75) is 66.7 Å². The molecule has 0 unspecified atom stereocenters. The number of rotatable bonds is 6. The van der Waals surface area contributed by atoms with Gasteiger partial charge >= 0.3 is 5.97 Å². The van der Waals surface area contributed by atoms with Crippen LogP contribution in [0.3, 0.4) is 0 Å². The Morgan fingerprint density at radius 2 is 1.30 bits per heavy atom. The molecule has 2 aromatic carbocycles. The van der Waals surface area contributed by atoms with Crippen LogP contribution in [0.4, 0.5) is 5.69 Å². The van der Waals surface area contributed by atoms with Crippen LogP contribution in [0.5, 0.6) is 0 Å². The molecule has 0 saturated heterocycles. The molecule has 0 aromatic heterocycles. The summed E-state index contributed by atoms with van der Waals surface area (Å²) in [5, 5.41) is 8.37. The van der Waals surface area contributed by atoms with Crippen LogP contribution in [0.25, 0.3) is 0 Å². The minimum Gasteiger partial charge on any atom is -0.481 e. The molecule has 0 spiro atoms. The van der Waals surface area contributed by atoms with Crippen LogP contribution >= 0.6 is 0 Å². The summed E-state index contributed by atoms with van der Waals surface area (Å²) in [6, 6.07) is 18.6. The van der Waals surface area contributed by atoms with Gasteiger partial charge in [-0.25, -0.2) is 0 Å². The lowest BCUT2D eigenvalue weighted by Gasteiger charge is -2.05. The predicted molar refractivity (Wildman–Crippen MR) is 119 cm³/mol. The van der Waals surface area contributed by atoms with Gasteiger partial charge in [0, 0.05) is 5.69 Å². The minimum atomic E-state index is -0.786. The zero-order valence-corrected chi connectivity index (χ0v) is 17.8. The smallest absolute Gasteiger partial charge is 0.307 e. The molecular formula is C24H39NO2. The number of hydrogen-bond donors (Lipinski definition) is 2. The normalized spacial score (nSPS) is 8.96. The van der Waals surface area contributed by atoms with Gasteiger partial charge in [0.25, 0.3) is 0 Å². The first-order valence-electron chi connectivity index (χ1n) is 10.1. The maximum atomic E-state index is 10.2. The molecule has 152 valence electrons. The Balaban J connectivity index is 0. The lowest BCUT2D eigenvalue weighted by molar-refractivity contribution is -0.136. The number of benzene rings is 2. The van der Waals surface area contributed by atoms with E-state index >= 15 is 0 Å². The highest BCUT2D eigenvalue weighted by molar-refractivity contribution is 5.70. The fourth-order valence-electron chi connectivity index (χ4n) is 2.35. The largest absolute Gasteiger partial charge is 0.481 e. The number of nitrogen functional groups attached to an aromatic ring is 1. The number of carboxylic acids is 1. The standard InChI is InChI=1S/C8H8O2.C8H18.C6H7N.C2H6/c9-8(10)6-7-4-2-1-3-5-7;1-4-6-8(3)7-5-2;7-6-4-2-1-3-5-6;1-2/h1-5H,6H2,(H,9,10);8H,4-7H2,1-3H3;1-5H,7H2;1-2H3. The first-order chi connectivity index (χ1) is 13.0. The zero-order chi connectivity index (χ0) is 20.9. The van der Waals surface area contributed by atoms with Gasteiger partial charge < -0.3 is 10.8 Å². The van der Waals surface area contributed by atoms with Gasteiger partial charge in [0.15, 0.2) is 0 Å². The number of nitrogens with two attached hydrogens (primary N) is 1. The molecule has 0 atom stereocenters. The molecule has 0 aliphatic rings. The van der Waals surface area contributed by atoms with E-state index in [1.54, 1.807) is 12.1 Å². The second-order valence-electron chi connectivity index (χ2n) is 6.15. The monoisotopic (exact) mass is 373 g/mol. The quantitative estimate of drug-likeness (QED) is 0.545.